The Bertz CT molecular complexity index is 339. The number of benzene rings is 1. The van der Waals surface area contributed by atoms with Gasteiger partial charge in [-0.05, 0) is 18.1 Å². The lowest BCUT2D eigenvalue weighted by molar-refractivity contribution is 0.322. The number of rotatable bonds is 6. The molecule has 0 N–H and O–H groups in total. The highest BCUT2D eigenvalue weighted by molar-refractivity contribution is 6.08. The lowest BCUT2D eigenvalue weighted by Crippen LogP contribution is -1.99. The molecule has 87 valence electrons. The fraction of sp³-hybridized carbons (Fsp3) is 0.500. The van der Waals surface area contributed by atoms with Crippen LogP contribution in [0.3, 0.4) is 0 Å². The van der Waals surface area contributed by atoms with Crippen molar-refractivity contribution in [1.29, 1.82) is 0 Å². The highest BCUT2D eigenvalue weighted by Crippen LogP contribution is 2.40. The molecule has 0 aromatic heterocycles. The van der Waals surface area contributed by atoms with Crippen LogP contribution in [-0.2, 0) is 6.42 Å². The van der Waals surface area contributed by atoms with Crippen molar-refractivity contribution < 1.29 is 14.2 Å². The average molecular weight is 237 g/mol. The van der Waals surface area contributed by atoms with E-state index in [0.29, 0.717) is 11.5 Å². The summed E-state index contributed by atoms with van der Waals surface area (Å²) in [6.07, 6.45) is 2.01. The first-order valence-electron chi connectivity index (χ1n) is 5.20. The Morgan fingerprint density at radius 2 is 1.69 bits per heavy atom. The topological polar surface area (TPSA) is 27.7 Å². The second-order valence-corrected chi connectivity index (χ2v) is 3.85. The standard InChI is InChI=1S/C12H17O3Si/c1-13-10-7-6-9(5-4-8-16)11(14-2)12(10)15-3/h6-7H,4-5,8H2,1-3H3. The van der Waals surface area contributed by atoms with Crippen molar-refractivity contribution in [2.45, 2.75) is 18.9 Å². The van der Waals surface area contributed by atoms with E-state index < -0.39 is 0 Å². The maximum atomic E-state index is 5.39. The molecule has 4 heteroatoms. The largest absolute Gasteiger partial charge is 0.493 e. The summed E-state index contributed by atoms with van der Waals surface area (Å²) in [7, 11) is 8.35. The van der Waals surface area contributed by atoms with Crippen LogP contribution in [0.25, 0.3) is 0 Å². The van der Waals surface area contributed by atoms with Crippen LogP contribution in [-0.4, -0.2) is 31.6 Å². The lowest BCUT2D eigenvalue weighted by atomic mass is 10.1. The molecule has 0 bridgehead atoms. The molecule has 0 spiro atoms. The van der Waals surface area contributed by atoms with E-state index in [4.69, 9.17) is 14.2 Å². The Labute approximate surface area is 100 Å². The van der Waals surface area contributed by atoms with Crippen LogP contribution in [0.1, 0.15) is 12.0 Å². The van der Waals surface area contributed by atoms with E-state index in [1.807, 2.05) is 12.1 Å². The molecule has 1 aromatic rings. The van der Waals surface area contributed by atoms with Crippen molar-refractivity contribution in [3.63, 3.8) is 0 Å². The van der Waals surface area contributed by atoms with Crippen LogP contribution in [0.15, 0.2) is 12.1 Å². The average Bonchev–Trinajstić information content (AvgIpc) is 2.34. The van der Waals surface area contributed by atoms with Crippen LogP contribution in [0.2, 0.25) is 6.04 Å². The molecule has 0 saturated heterocycles. The summed E-state index contributed by atoms with van der Waals surface area (Å²) in [5, 5.41) is 0. The molecular formula is C12H17O3Si. The SMILES string of the molecule is COc1ccc(CCC[Si])c(OC)c1OC. The summed E-state index contributed by atoms with van der Waals surface area (Å²) < 4.78 is 15.9. The summed E-state index contributed by atoms with van der Waals surface area (Å²) in [6.45, 7) is 0. The zero-order valence-electron chi connectivity index (χ0n) is 10.0. The maximum absolute atomic E-state index is 5.39. The van der Waals surface area contributed by atoms with Crippen molar-refractivity contribution in [2.24, 2.45) is 0 Å². The second-order valence-electron chi connectivity index (χ2n) is 3.35. The van der Waals surface area contributed by atoms with E-state index in [1.165, 1.54) is 0 Å². The molecule has 1 rings (SSSR count). The Morgan fingerprint density at radius 3 is 2.19 bits per heavy atom. The number of hydrogen-bond acceptors (Lipinski definition) is 3. The Hall–Kier alpha value is -1.16. The quantitative estimate of drug-likeness (QED) is 0.710. The zero-order valence-corrected chi connectivity index (χ0v) is 11.0. The van der Waals surface area contributed by atoms with Crippen molar-refractivity contribution in [2.75, 3.05) is 21.3 Å². The van der Waals surface area contributed by atoms with E-state index in [9.17, 15) is 0 Å². The molecule has 3 nitrogen and oxygen atoms in total. The highest BCUT2D eigenvalue weighted by Gasteiger charge is 2.14. The van der Waals surface area contributed by atoms with Crippen LogP contribution in [0, 0.1) is 0 Å². The van der Waals surface area contributed by atoms with Crippen LogP contribution in [0.4, 0.5) is 0 Å². The Balaban J connectivity index is 3.10. The first-order valence-corrected chi connectivity index (χ1v) is 5.91. The first kappa shape index (κ1) is 12.9. The van der Waals surface area contributed by atoms with Gasteiger partial charge in [0.2, 0.25) is 5.75 Å². The predicted octanol–water partition coefficient (Wildman–Crippen LogP) is 2.23. The monoisotopic (exact) mass is 237 g/mol. The summed E-state index contributed by atoms with van der Waals surface area (Å²) in [5.74, 6) is 2.12. The third-order valence-corrected chi connectivity index (χ3v) is 2.76. The van der Waals surface area contributed by atoms with Crippen molar-refractivity contribution >= 4 is 10.2 Å². The fourth-order valence-electron chi connectivity index (χ4n) is 1.64. The van der Waals surface area contributed by atoms with Gasteiger partial charge in [-0.1, -0.05) is 18.5 Å². The highest BCUT2D eigenvalue weighted by atomic mass is 28.1. The number of ether oxygens (including phenoxy) is 3. The molecule has 0 atom stereocenters. The Morgan fingerprint density at radius 1 is 1.00 bits per heavy atom. The van der Waals surface area contributed by atoms with E-state index in [2.05, 4.69) is 10.2 Å². The first-order chi connectivity index (χ1) is 7.78. The summed E-state index contributed by atoms with van der Waals surface area (Å²) in [6, 6.07) is 4.89. The number of aryl methyl sites for hydroxylation is 1. The zero-order chi connectivity index (χ0) is 12.0. The minimum absolute atomic E-state index is 0.663. The smallest absolute Gasteiger partial charge is 0.203 e. The van der Waals surface area contributed by atoms with Crippen LogP contribution in [0.5, 0.6) is 17.2 Å². The van der Waals surface area contributed by atoms with Crippen LogP contribution < -0.4 is 14.2 Å². The van der Waals surface area contributed by atoms with Gasteiger partial charge in [0, 0.05) is 10.2 Å². The van der Waals surface area contributed by atoms with Gasteiger partial charge in [-0.15, -0.1) is 0 Å². The van der Waals surface area contributed by atoms with Crippen molar-refractivity contribution in [3.05, 3.63) is 17.7 Å². The molecule has 0 aliphatic carbocycles. The molecule has 0 aliphatic heterocycles. The third-order valence-electron chi connectivity index (χ3n) is 2.41. The molecule has 0 fully saturated rings. The van der Waals surface area contributed by atoms with Gasteiger partial charge < -0.3 is 14.2 Å². The molecule has 0 unspecified atom stereocenters. The normalized spacial score (nSPS) is 10.0. The molecule has 0 amide bonds. The van der Waals surface area contributed by atoms with Gasteiger partial charge in [-0.25, -0.2) is 0 Å². The van der Waals surface area contributed by atoms with Crippen LogP contribution >= 0.6 is 0 Å². The van der Waals surface area contributed by atoms with Gasteiger partial charge in [0.05, 0.1) is 21.3 Å². The van der Waals surface area contributed by atoms with Gasteiger partial charge in [0.1, 0.15) is 0 Å². The van der Waals surface area contributed by atoms with Gasteiger partial charge in [0.15, 0.2) is 11.5 Å². The van der Waals surface area contributed by atoms with Crippen molar-refractivity contribution in [3.8, 4) is 17.2 Å². The maximum Gasteiger partial charge on any atom is 0.203 e. The van der Waals surface area contributed by atoms with Gasteiger partial charge >= 0.3 is 0 Å². The number of hydrogen-bond donors (Lipinski definition) is 0. The van der Waals surface area contributed by atoms with Gasteiger partial charge in [-0.3, -0.25) is 0 Å². The molecule has 0 heterocycles. The van der Waals surface area contributed by atoms with Crippen molar-refractivity contribution in [1.82, 2.24) is 0 Å². The van der Waals surface area contributed by atoms with E-state index >= 15 is 0 Å². The molecule has 0 saturated carbocycles. The molecule has 0 aliphatic rings. The van der Waals surface area contributed by atoms with Gasteiger partial charge in [-0.2, -0.15) is 0 Å². The third kappa shape index (κ3) is 2.69. The molecule has 3 radical (unpaired) electrons. The van der Waals surface area contributed by atoms with Gasteiger partial charge in [0.25, 0.3) is 0 Å². The molecular weight excluding hydrogens is 220 g/mol. The summed E-state index contributed by atoms with van der Waals surface area (Å²) in [5.41, 5.74) is 1.14. The minimum Gasteiger partial charge on any atom is -0.493 e. The molecule has 16 heavy (non-hydrogen) atoms. The fourth-order valence-corrected chi connectivity index (χ4v) is 1.82. The van der Waals surface area contributed by atoms with E-state index in [0.717, 1.165) is 30.2 Å². The lowest BCUT2D eigenvalue weighted by Gasteiger charge is -2.15. The number of methoxy groups -OCH3 is 3. The second kappa shape index (κ2) is 6.43. The Kier molecular flexibility index (Phi) is 5.18. The van der Waals surface area contributed by atoms with E-state index in [-0.39, 0.29) is 0 Å². The predicted molar refractivity (Wildman–Crippen MR) is 65.0 cm³/mol. The minimum atomic E-state index is 0.663. The van der Waals surface area contributed by atoms with E-state index in [1.54, 1.807) is 21.3 Å². The molecule has 1 aromatic carbocycles. The summed E-state index contributed by atoms with van der Waals surface area (Å²) in [4.78, 5) is 0. The summed E-state index contributed by atoms with van der Waals surface area (Å²) >= 11 is 0.